The first-order valence-electron chi connectivity index (χ1n) is 9.15. The molecular weight excluding hydrogens is 338 g/mol. The molecule has 0 saturated carbocycles. The van der Waals surface area contributed by atoms with Crippen LogP contribution in [0.15, 0.2) is 59.4 Å². The average molecular weight is 361 g/mol. The first-order chi connectivity index (χ1) is 13.1. The topological polar surface area (TPSA) is 47.4 Å². The molecule has 3 aromatic rings. The minimum Gasteiger partial charge on any atom is -0.496 e. The Hall–Kier alpha value is -2.92. The van der Waals surface area contributed by atoms with E-state index < -0.39 is 0 Å². The van der Waals surface area contributed by atoms with Crippen molar-refractivity contribution in [1.29, 1.82) is 0 Å². The van der Waals surface area contributed by atoms with Gasteiger partial charge in [-0.05, 0) is 22.8 Å². The summed E-state index contributed by atoms with van der Waals surface area (Å²) in [7, 11) is 3.42. The number of methoxy groups -OCH3 is 1. The molecule has 0 fully saturated rings. The molecule has 2 heterocycles. The molecule has 1 aliphatic rings. The number of ether oxygens (including phenoxy) is 1. The SMILES string of the molecule is COc1cc(-c2ccccc2)ccc1CN1CCc2nn(C)c(=O)cc2C1. The van der Waals surface area contributed by atoms with E-state index >= 15 is 0 Å². The molecule has 0 N–H and O–H groups in total. The van der Waals surface area contributed by atoms with Gasteiger partial charge in [-0.2, -0.15) is 5.10 Å². The van der Waals surface area contributed by atoms with E-state index in [1.54, 1.807) is 20.2 Å². The molecule has 0 amide bonds. The minimum absolute atomic E-state index is 0.0552. The Morgan fingerprint density at radius 3 is 2.67 bits per heavy atom. The second-order valence-electron chi connectivity index (χ2n) is 6.93. The third-order valence-electron chi connectivity index (χ3n) is 5.10. The van der Waals surface area contributed by atoms with Crippen LogP contribution in [0, 0.1) is 0 Å². The fraction of sp³-hybridized carbons (Fsp3) is 0.273. The van der Waals surface area contributed by atoms with E-state index in [0.717, 1.165) is 54.2 Å². The number of aryl methyl sites for hydroxylation is 1. The van der Waals surface area contributed by atoms with E-state index in [1.807, 2.05) is 18.2 Å². The lowest BCUT2D eigenvalue weighted by atomic mass is 10.0. The zero-order valence-electron chi connectivity index (χ0n) is 15.7. The molecule has 2 aromatic carbocycles. The van der Waals surface area contributed by atoms with E-state index in [-0.39, 0.29) is 5.56 Å². The first kappa shape index (κ1) is 17.5. The minimum atomic E-state index is -0.0552. The van der Waals surface area contributed by atoms with E-state index in [2.05, 4.69) is 40.3 Å². The number of nitrogens with zero attached hydrogens (tertiary/aromatic N) is 3. The van der Waals surface area contributed by atoms with E-state index in [0.29, 0.717) is 0 Å². The van der Waals surface area contributed by atoms with Gasteiger partial charge in [-0.25, -0.2) is 4.68 Å². The van der Waals surface area contributed by atoms with E-state index in [9.17, 15) is 4.79 Å². The second-order valence-corrected chi connectivity index (χ2v) is 6.93. The Balaban J connectivity index is 1.56. The molecule has 5 heteroatoms. The lowest BCUT2D eigenvalue weighted by molar-refractivity contribution is 0.237. The fourth-order valence-electron chi connectivity index (χ4n) is 3.61. The fourth-order valence-corrected chi connectivity index (χ4v) is 3.61. The maximum atomic E-state index is 11.9. The van der Waals surface area contributed by atoms with Crippen molar-refractivity contribution >= 4 is 0 Å². The largest absolute Gasteiger partial charge is 0.496 e. The predicted octanol–water partition coefficient (Wildman–Crippen LogP) is 3.01. The van der Waals surface area contributed by atoms with Crippen LogP contribution in [0.5, 0.6) is 5.75 Å². The zero-order valence-corrected chi connectivity index (χ0v) is 15.7. The highest BCUT2D eigenvalue weighted by Gasteiger charge is 2.20. The van der Waals surface area contributed by atoms with Gasteiger partial charge in [0.05, 0.1) is 12.8 Å². The van der Waals surface area contributed by atoms with Crippen molar-refractivity contribution in [2.24, 2.45) is 7.05 Å². The maximum absolute atomic E-state index is 11.9. The van der Waals surface area contributed by atoms with Gasteiger partial charge in [-0.3, -0.25) is 9.69 Å². The molecular formula is C22H23N3O2. The molecule has 0 spiro atoms. The predicted molar refractivity (Wildman–Crippen MR) is 106 cm³/mol. The van der Waals surface area contributed by atoms with Crippen LogP contribution in [0.1, 0.15) is 16.8 Å². The normalized spacial score (nSPS) is 14.0. The second kappa shape index (κ2) is 7.37. The molecule has 4 rings (SSSR count). The molecule has 0 aliphatic carbocycles. The first-order valence-corrected chi connectivity index (χ1v) is 9.15. The lowest BCUT2D eigenvalue weighted by Gasteiger charge is -2.28. The van der Waals surface area contributed by atoms with Gasteiger partial charge in [-0.15, -0.1) is 0 Å². The third kappa shape index (κ3) is 3.64. The Morgan fingerprint density at radius 1 is 1.07 bits per heavy atom. The van der Waals surface area contributed by atoms with Crippen molar-refractivity contribution in [3.05, 3.63) is 81.8 Å². The van der Waals surface area contributed by atoms with Crippen LogP contribution >= 0.6 is 0 Å². The molecule has 1 aromatic heterocycles. The van der Waals surface area contributed by atoms with E-state index in [4.69, 9.17) is 4.74 Å². The Morgan fingerprint density at radius 2 is 1.89 bits per heavy atom. The number of hydrogen-bond acceptors (Lipinski definition) is 4. The standard InChI is InChI=1S/C22H23N3O2/c1-24-22(26)13-19-15-25(11-10-20(19)23-24)14-18-9-8-17(12-21(18)27-2)16-6-4-3-5-7-16/h3-9,12-13H,10-11,14-15H2,1-2H3. The summed E-state index contributed by atoms with van der Waals surface area (Å²) < 4.78 is 7.08. The van der Waals surface area contributed by atoms with Gasteiger partial charge in [0.2, 0.25) is 0 Å². The Bertz CT molecular complexity index is 1010. The Labute approximate surface area is 158 Å². The monoisotopic (exact) mass is 361 g/mol. The molecule has 0 unspecified atom stereocenters. The van der Waals surface area contributed by atoms with E-state index in [1.165, 1.54) is 10.2 Å². The highest BCUT2D eigenvalue weighted by Crippen LogP contribution is 2.29. The summed E-state index contributed by atoms with van der Waals surface area (Å²) in [6.45, 7) is 2.44. The van der Waals surface area contributed by atoms with Crippen LogP contribution in [0.4, 0.5) is 0 Å². The summed E-state index contributed by atoms with van der Waals surface area (Å²) in [5.74, 6) is 0.893. The van der Waals surface area contributed by atoms with Gasteiger partial charge in [0.25, 0.3) is 5.56 Å². The van der Waals surface area contributed by atoms with Gasteiger partial charge < -0.3 is 4.74 Å². The molecule has 1 aliphatic heterocycles. The summed E-state index contributed by atoms with van der Waals surface area (Å²) in [6.07, 6.45) is 0.855. The highest BCUT2D eigenvalue weighted by molar-refractivity contribution is 5.66. The summed E-state index contributed by atoms with van der Waals surface area (Å²) in [5.41, 5.74) is 5.48. The van der Waals surface area contributed by atoms with Crippen molar-refractivity contribution < 1.29 is 4.74 Å². The van der Waals surface area contributed by atoms with Gasteiger partial charge in [-0.1, -0.05) is 42.5 Å². The van der Waals surface area contributed by atoms with Crippen LogP contribution < -0.4 is 10.3 Å². The lowest BCUT2D eigenvalue weighted by Crippen LogP contribution is -2.34. The summed E-state index contributed by atoms with van der Waals surface area (Å²) >= 11 is 0. The maximum Gasteiger partial charge on any atom is 0.266 e. The van der Waals surface area contributed by atoms with Gasteiger partial charge >= 0.3 is 0 Å². The summed E-state index contributed by atoms with van der Waals surface area (Å²) in [6, 6.07) is 18.4. The highest BCUT2D eigenvalue weighted by atomic mass is 16.5. The summed E-state index contributed by atoms with van der Waals surface area (Å²) in [5, 5.41) is 4.39. The molecule has 0 bridgehead atoms. The molecule has 27 heavy (non-hydrogen) atoms. The average Bonchev–Trinajstić information content (AvgIpc) is 2.70. The van der Waals surface area contributed by atoms with Gasteiger partial charge in [0.1, 0.15) is 5.75 Å². The number of fused-ring (bicyclic) bond motifs is 1. The van der Waals surface area contributed by atoms with Crippen molar-refractivity contribution in [3.63, 3.8) is 0 Å². The van der Waals surface area contributed by atoms with Gasteiger partial charge in [0.15, 0.2) is 0 Å². The van der Waals surface area contributed by atoms with Crippen LogP contribution in [-0.4, -0.2) is 28.3 Å². The van der Waals surface area contributed by atoms with Crippen LogP contribution in [0.25, 0.3) is 11.1 Å². The van der Waals surface area contributed by atoms with Crippen molar-refractivity contribution in [3.8, 4) is 16.9 Å². The van der Waals surface area contributed by atoms with Crippen molar-refractivity contribution in [1.82, 2.24) is 14.7 Å². The van der Waals surface area contributed by atoms with Crippen LogP contribution in [-0.2, 0) is 26.6 Å². The smallest absolute Gasteiger partial charge is 0.266 e. The molecule has 138 valence electrons. The number of aromatic nitrogens is 2. The Kier molecular flexibility index (Phi) is 4.77. The van der Waals surface area contributed by atoms with Crippen LogP contribution in [0.3, 0.4) is 0 Å². The molecule has 0 saturated heterocycles. The third-order valence-corrected chi connectivity index (χ3v) is 5.10. The number of benzene rings is 2. The number of rotatable bonds is 4. The van der Waals surface area contributed by atoms with Gasteiger partial charge in [0, 0.05) is 44.7 Å². The van der Waals surface area contributed by atoms with Crippen LogP contribution in [0.2, 0.25) is 0 Å². The van der Waals surface area contributed by atoms with Crippen molar-refractivity contribution in [2.45, 2.75) is 19.5 Å². The zero-order chi connectivity index (χ0) is 18.8. The molecule has 5 nitrogen and oxygen atoms in total. The summed E-state index contributed by atoms with van der Waals surface area (Å²) in [4.78, 5) is 14.2. The van der Waals surface area contributed by atoms with Crippen molar-refractivity contribution in [2.75, 3.05) is 13.7 Å². The number of hydrogen-bond donors (Lipinski definition) is 0. The molecule has 0 radical (unpaired) electrons. The molecule has 0 atom stereocenters. The quantitative estimate of drug-likeness (QED) is 0.717.